The smallest absolute Gasteiger partial charge is 0.410 e. The van der Waals surface area contributed by atoms with E-state index >= 15 is 0 Å². The predicted molar refractivity (Wildman–Crippen MR) is 102 cm³/mol. The van der Waals surface area contributed by atoms with Crippen molar-refractivity contribution in [3.05, 3.63) is 29.8 Å². The molecule has 2 saturated heterocycles. The van der Waals surface area contributed by atoms with Crippen molar-refractivity contribution in [1.29, 1.82) is 0 Å². The van der Waals surface area contributed by atoms with Crippen LogP contribution in [-0.2, 0) is 4.74 Å². The average molecular weight is 359 g/mol. The van der Waals surface area contributed by atoms with Crippen LogP contribution < -0.4 is 4.90 Å². The summed E-state index contributed by atoms with van der Waals surface area (Å²) in [5.41, 5.74) is 1.35. The standard InChI is InChI=1S/C20H29N3O3/c1-20(2,3)26-19(25)23-13-11-22(12-14-23)18(24)16-7-6-8-17(15-16)21-9-4-5-10-21/h6-8,15H,4-5,9-14H2,1-3H3. The number of rotatable bonds is 2. The van der Waals surface area contributed by atoms with Crippen LogP contribution in [-0.4, -0.2) is 66.7 Å². The summed E-state index contributed by atoms with van der Waals surface area (Å²) in [5, 5.41) is 0. The molecule has 0 aromatic heterocycles. The Hall–Kier alpha value is -2.24. The van der Waals surface area contributed by atoms with Crippen molar-refractivity contribution < 1.29 is 14.3 Å². The maximum absolute atomic E-state index is 12.8. The molecule has 26 heavy (non-hydrogen) atoms. The van der Waals surface area contributed by atoms with E-state index in [2.05, 4.69) is 11.0 Å². The summed E-state index contributed by atoms with van der Waals surface area (Å²) < 4.78 is 5.41. The van der Waals surface area contributed by atoms with Crippen LogP contribution >= 0.6 is 0 Å². The molecule has 2 amide bonds. The molecule has 142 valence electrons. The van der Waals surface area contributed by atoms with Gasteiger partial charge in [-0.15, -0.1) is 0 Å². The number of carbonyl (C=O) groups is 2. The third kappa shape index (κ3) is 4.48. The largest absolute Gasteiger partial charge is 0.444 e. The molecule has 1 aromatic carbocycles. The molecular weight excluding hydrogens is 330 g/mol. The van der Waals surface area contributed by atoms with Crippen LogP contribution in [0.1, 0.15) is 44.0 Å². The summed E-state index contributed by atoms with van der Waals surface area (Å²) >= 11 is 0. The molecule has 2 fully saturated rings. The van der Waals surface area contributed by atoms with Crippen molar-refractivity contribution in [3.63, 3.8) is 0 Å². The maximum atomic E-state index is 12.8. The highest BCUT2D eigenvalue weighted by atomic mass is 16.6. The molecule has 0 atom stereocenters. The molecule has 0 bridgehead atoms. The van der Waals surface area contributed by atoms with Crippen LogP contribution in [0.2, 0.25) is 0 Å². The van der Waals surface area contributed by atoms with Gasteiger partial charge < -0.3 is 19.4 Å². The second-order valence-electron chi connectivity index (χ2n) is 8.00. The van der Waals surface area contributed by atoms with Gasteiger partial charge in [-0.05, 0) is 51.8 Å². The number of amides is 2. The van der Waals surface area contributed by atoms with E-state index in [1.54, 1.807) is 4.90 Å². The molecule has 6 heteroatoms. The molecule has 0 N–H and O–H groups in total. The van der Waals surface area contributed by atoms with Gasteiger partial charge in [-0.3, -0.25) is 4.79 Å². The molecule has 0 unspecified atom stereocenters. The summed E-state index contributed by atoms with van der Waals surface area (Å²) in [5.74, 6) is 0.0369. The van der Waals surface area contributed by atoms with Gasteiger partial charge in [0, 0.05) is 50.5 Å². The first-order valence-electron chi connectivity index (χ1n) is 9.46. The molecule has 1 aromatic rings. The second kappa shape index (κ2) is 7.56. The van der Waals surface area contributed by atoms with Crippen LogP contribution in [0.25, 0.3) is 0 Å². The quantitative estimate of drug-likeness (QED) is 0.815. The Morgan fingerprint density at radius 2 is 1.54 bits per heavy atom. The van der Waals surface area contributed by atoms with E-state index in [9.17, 15) is 9.59 Å². The first-order chi connectivity index (χ1) is 12.3. The third-order valence-corrected chi connectivity index (χ3v) is 4.78. The summed E-state index contributed by atoms with van der Waals surface area (Å²) in [6.07, 6.45) is 2.12. The average Bonchev–Trinajstić information content (AvgIpc) is 3.14. The zero-order chi connectivity index (χ0) is 18.7. The first-order valence-corrected chi connectivity index (χ1v) is 9.46. The predicted octanol–water partition coefficient (Wildman–Crippen LogP) is 2.98. The van der Waals surface area contributed by atoms with Gasteiger partial charge in [0.25, 0.3) is 5.91 Å². The molecule has 2 aliphatic heterocycles. The van der Waals surface area contributed by atoms with E-state index in [0.717, 1.165) is 24.3 Å². The van der Waals surface area contributed by atoms with Gasteiger partial charge in [0.05, 0.1) is 0 Å². The molecule has 2 heterocycles. The van der Waals surface area contributed by atoms with E-state index in [-0.39, 0.29) is 12.0 Å². The van der Waals surface area contributed by atoms with E-state index in [1.165, 1.54) is 12.8 Å². The SMILES string of the molecule is CC(C)(C)OC(=O)N1CCN(C(=O)c2cccc(N3CCCC3)c2)CC1. The first kappa shape index (κ1) is 18.5. The minimum absolute atomic E-state index is 0.0369. The minimum atomic E-state index is -0.500. The van der Waals surface area contributed by atoms with Gasteiger partial charge >= 0.3 is 6.09 Å². The van der Waals surface area contributed by atoms with Gasteiger partial charge in [-0.1, -0.05) is 6.07 Å². The number of benzene rings is 1. The molecule has 0 radical (unpaired) electrons. The Bertz CT molecular complexity index is 655. The van der Waals surface area contributed by atoms with Crippen LogP contribution in [0, 0.1) is 0 Å². The van der Waals surface area contributed by atoms with Crippen LogP contribution in [0.3, 0.4) is 0 Å². The van der Waals surface area contributed by atoms with Crippen molar-refractivity contribution in [2.75, 3.05) is 44.2 Å². The number of carbonyl (C=O) groups excluding carboxylic acids is 2. The lowest BCUT2D eigenvalue weighted by Crippen LogP contribution is -2.51. The lowest BCUT2D eigenvalue weighted by molar-refractivity contribution is 0.0141. The van der Waals surface area contributed by atoms with Gasteiger partial charge in [0.2, 0.25) is 0 Å². The molecule has 6 nitrogen and oxygen atoms in total. The Balaban J connectivity index is 1.58. The highest BCUT2D eigenvalue weighted by molar-refractivity contribution is 5.95. The maximum Gasteiger partial charge on any atom is 0.410 e. The number of nitrogens with zero attached hydrogens (tertiary/aromatic N) is 3. The fraction of sp³-hybridized carbons (Fsp3) is 0.600. The van der Waals surface area contributed by atoms with E-state index in [0.29, 0.717) is 26.2 Å². The summed E-state index contributed by atoms with van der Waals surface area (Å²) in [7, 11) is 0. The van der Waals surface area contributed by atoms with Crippen molar-refractivity contribution >= 4 is 17.7 Å². The van der Waals surface area contributed by atoms with Crippen molar-refractivity contribution in [3.8, 4) is 0 Å². The van der Waals surface area contributed by atoms with Crippen molar-refractivity contribution in [2.45, 2.75) is 39.2 Å². The molecular formula is C20H29N3O3. The highest BCUT2D eigenvalue weighted by Crippen LogP contribution is 2.22. The van der Waals surface area contributed by atoms with E-state index in [4.69, 9.17) is 4.74 Å². The number of anilines is 1. The molecule has 0 spiro atoms. The fourth-order valence-electron chi connectivity index (χ4n) is 3.41. The Labute approximate surface area is 155 Å². The Morgan fingerprint density at radius 3 is 2.15 bits per heavy atom. The molecule has 2 aliphatic rings. The van der Waals surface area contributed by atoms with Crippen molar-refractivity contribution in [2.24, 2.45) is 0 Å². The van der Waals surface area contributed by atoms with Gasteiger partial charge in [-0.2, -0.15) is 0 Å². The number of hydrogen-bond donors (Lipinski definition) is 0. The van der Waals surface area contributed by atoms with E-state index in [1.807, 2.05) is 43.9 Å². The number of hydrogen-bond acceptors (Lipinski definition) is 4. The highest BCUT2D eigenvalue weighted by Gasteiger charge is 2.28. The lowest BCUT2D eigenvalue weighted by atomic mass is 10.1. The van der Waals surface area contributed by atoms with Crippen molar-refractivity contribution in [1.82, 2.24) is 9.80 Å². The number of ether oxygens (including phenoxy) is 1. The monoisotopic (exact) mass is 359 g/mol. The molecule has 0 saturated carbocycles. The van der Waals surface area contributed by atoms with Crippen LogP contribution in [0.15, 0.2) is 24.3 Å². The Kier molecular flexibility index (Phi) is 5.39. The van der Waals surface area contributed by atoms with Gasteiger partial charge in [-0.25, -0.2) is 4.79 Å². The topological polar surface area (TPSA) is 53.1 Å². The van der Waals surface area contributed by atoms with Gasteiger partial charge in [0.1, 0.15) is 5.60 Å². The zero-order valence-electron chi connectivity index (χ0n) is 16.0. The molecule has 3 rings (SSSR count). The van der Waals surface area contributed by atoms with Crippen LogP contribution in [0.4, 0.5) is 10.5 Å². The summed E-state index contributed by atoms with van der Waals surface area (Å²) in [4.78, 5) is 30.8. The fourth-order valence-corrected chi connectivity index (χ4v) is 3.41. The summed E-state index contributed by atoms with van der Waals surface area (Å²) in [6, 6.07) is 7.90. The van der Waals surface area contributed by atoms with Crippen LogP contribution in [0.5, 0.6) is 0 Å². The molecule has 0 aliphatic carbocycles. The minimum Gasteiger partial charge on any atom is -0.444 e. The normalized spacial score (nSPS) is 18.2. The number of piperazine rings is 1. The Morgan fingerprint density at radius 1 is 0.923 bits per heavy atom. The lowest BCUT2D eigenvalue weighted by Gasteiger charge is -2.35. The zero-order valence-corrected chi connectivity index (χ0v) is 16.0. The second-order valence-corrected chi connectivity index (χ2v) is 8.00. The van der Waals surface area contributed by atoms with E-state index < -0.39 is 5.60 Å². The third-order valence-electron chi connectivity index (χ3n) is 4.78. The van der Waals surface area contributed by atoms with Gasteiger partial charge in [0.15, 0.2) is 0 Å². The summed E-state index contributed by atoms with van der Waals surface area (Å²) in [6.45, 7) is 9.78.